The molecule has 0 spiro atoms. The highest BCUT2D eigenvalue weighted by Gasteiger charge is 2.29. The third kappa shape index (κ3) is 3.18. The Labute approximate surface area is 152 Å². The molecule has 6 heteroatoms. The number of amides is 1. The Morgan fingerprint density at radius 3 is 2.50 bits per heavy atom. The summed E-state index contributed by atoms with van der Waals surface area (Å²) in [4.78, 5) is 14.3. The molecule has 6 nitrogen and oxygen atoms in total. The van der Waals surface area contributed by atoms with Crippen molar-refractivity contribution in [1.82, 2.24) is 19.7 Å². The predicted octanol–water partition coefficient (Wildman–Crippen LogP) is 2.93. The summed E-state index contributed by atoms with van der Waals surface area (Å²) >= 11 is 0. The molecule has 1 aliphatic rings. The first-order chi connectivity index (χ1) is 12.7. The van der Waals surface area contributed by atoms with E-state index < -0.39 is 0 Å². The summed E-state index contributed by atoms with van der Waals surface area (Å²) in [6, 6.07) is 19.5. The number of carbonyl (C=O) groups excluding carboxylic acids is 1. The van der Waals surface area contributed by atoms with Crippen molar-refractivity contribution < 1.29 is 9.53 Å². The third-order valence-corrected chi connectivity index (χ3v) is 4.51. The molecule has 1 amide bonds. The van der Waals surface area contributed by atoms with E-state index in [1.165, 1.54) is 0 Å². The van der Waals surface area contributed by atoms with Crippen molar-refractivity contribution in [3.63, 3.8) is 0 Å². The molecule has 2 heterocycles. The molecule has 132 valence electrons. The Balaban J connectivity index is 1.48. The van der Waals surface area contributed by atoms with Gasteiger partial charge < -0.3 is 14.2 Å². The number of aromatic nitrogens is 3. The average Bonchev–Trinajstić information content (AvgIpc) is 3.12. The van der Waals surface area contributed by atoms with Crippen LogP contribution in [0.3, 0.4) is 0 Å². The van der Waals surface area contributed by atoms with Crippen LogP contribution in [0.4, 0.5) is 0 Å². The molecule has 0 saturated heterocycles. The number of ether oxygens (including phenoxy) is 1. The summed E-state index contributed by atoms with van der Waals surface area (Å²) in [5, 5.41) is 8.66. The molecule has 1 atom stereocenters. The molecule has 1 aliphatic heterocycles. The zero-order chi connectivity index (χ0) is 17.9. The number of para-hydroxylation sites is 1. The van der Waals surface area contributed by atoms with Crippen molar-refractivity contribution >= 4 is 5.91 Å². The van der Waals surface area contributed by atoms with Crippen LogP contribution in [0.25, 0.3) is 11.4 Å². The molecule has 0 fully saturated rings. The lowest BCUT2D eigenvalue weighted by Crippen LogP contribution is -2.42. The lowest BCUT2D eigenvalue weighted by Gasteiger charge is -2.32. The Hall–Kier alpha value is -3.15. The van der Waals surface area contributed by atoms with E-state index in [0.717, 1.165) is 17.2 Å². The van der Waals surface area contributed by atoms with Crippen LogP contribution in [-0.2, 0) is 11.3 Å². The molecule has 1 aromatic heterocycles. The smallest absolute Gasteiger partial charge is 0.260 e. The number of rotatable bonds is 4. The summed E-state index contributed by atoms with van der Waals surface area (Å²) in [6.45, 7) is 3.16. The molecular weight excluding hydrogens is 328 g/mol. The second-order valence-corrected chi connectivity index (χ2v) is 6.40. The van der Waals surface area contributed by atoms with E-state index in [2.05, 4.69) is 21.7 Å². The van der Waals surface area contributed by atoms with Gasteiger partial charge in [-0.05, 0) is 19.1 Å². The van der Waals surface area contributed by atoms with Gasteiger partial charge in [-0.3, -0.25) is 4.79 Å². The van der Waals surface area contributed by atoms with Gasteiger partial charge >= 0.3 is 0 Å². The van der Waals surface area contributed by atoms with Gasteiger partial charge in [-0.15, -0.1) is 10.2 Å². The maximum Gasteiger partial charge on any atom is 0.260 e. The van der Waals surface area contributed by atoms with Gasteiger partial charge in [0.05, 0.1) is 12.6 Å². The lowest BCUT2D eigenvalue weighted by molar-refractivity contribution is -0.135. The highest BCUT2D eigenvalue weighted by molar-refractivity contribution is 5.78. The van der Waals surface area contributed by atoms with Gasteiger partial charge in [0.2, 0.25) is 0 Å². The van der Waals surface area contributed by atoms with Crippen LogP contribution in [0.1, 0.15) is 18.8 Å². The topological polar surface area (TPSA) is 60.3 Å². The van der Waals surface area contributed by atoms with Crippen LogP contribution >= 0.6 is 0 Å². The number of hydrogen-bond acceptors (Lipinski definition) is 4. The highest BCUT2D eigenvalue weighted by atomic mass is 16.5. The highest BCUT2D eigenvalue weighted by Crippen LogP contribution is 2.27. The van der Waals surface area contributed by atoms with Crippen LogP contribution in [0.2, 0.25) is 0 Å². The third-order valence-electron chi connectivity index (χ3n) is 4.51. The Morgan fingerprint density at radius 2 is 1.77 bits per heavy atom. The maximum absolute atomic E-state index is 12.5. The minimum atomic E-state index is -0.0452. The molecule has 26 heavy (non-hydrogen) atoms. The van der Waals surface area contributed by atoms with Crippen LogP contribution in [0, 0.1) is 0 Å². The van der Waals surface area contributed by atoms with Gasteiger partial charge in [-0.1, -0.05) is 48.5 Å². The zero-order valence-electron chi connectivity index (χ0n) is 14.6. The summed E-state index contributed by atoms with van der Waals surface area (Å²) in [7, 11) is 0. The number of carbonyl (C=O) groups is 1. The Kier molecular flexibility index (Phi) is 4.39. The van der Waals surface area contributed by atoms with E-state index in [4.69, 9.17) is 4.74 Å². The minimum Gasteiger partial charge on any atom is -0.484 e. The van der Waals surface area contributed by atoms with E-state index >= 15 is 0 Å². The van der Waals surface area contributed by atoms with E-state index in [1.54, 1.807) is 4.90 Å². The average molecular weight is 348 g/mol. The molecular formula is C20H20N4O2. The molecule has 0 bridgehead atoms. The van der Waals surface area contributed by atoms with Gasteiger partial charge in [0.15, 0.2) is 18.3 Å². The first-order valence-corrected chi connectivity index (χ1v) is 8.67. The Bertz CT molecular complexity index is 893. The molecule has 0 unspecified atom stereocenters. The molecule has 0 N–H and O–H groups in total. The normalized spacial score (nSPS) is 16.2. The van der Waals surface area contributed by atoms with Crippen LogP contribution < -0.4 is 4.74 Å². The summed E-state index contributed by atoms with van der Waals surface area (Å²) < 4.78 is 7.71. The Morgan fingerprint density at radius 1 is 1.08 bits per heavy atom. The second-order valence-electron chi connectivity index (χ2n) is 6.40. The van der Waals surface area contributed by atoms with Crippen molar-refractivity contribution in [1.29, 1.82) is 0 Å². The van der Waals surface area contributed by atoms with Gasteiger partial charge in [0.1, 0.15) is 5.75 Å². The fourth-order valence-electron chi connectivity index (χ4n) is 3.26. The second kappa shape index (κ2) is 7.00. The molecule has 4 rings (SSSR count). The van der Waals surface area contributed by atoms with E-state index in [1.807, 2.05) is 60.7 Å². The van der Waals surface area contributed by atoms with Gasteiger partial charge in [-0.2, -0.15) is 0 Å². The quantitative estimate of drug-likeness (QED) is 0.727. The first-order valence-electron chi connectivity index (χ1n) is 8.67. The van der Waals surface area contributed by atoms with Crippen molar-refractivity contribution in [2.45, 2.75) is 19.5 Å². The summed E-state index contributed by atoms with van der Waals surface area (Å²) in [5.41, 5.74) is 1.03. The number of benzene rings is 2. The molecule has 2 aromatic carbocycles. The maximum atomic E-state index is 12.5. The molecule has 0 aliphatic carbocycles. The van der Waals surface area contributed by atoms with E-state index in [-0.39, 0.29) is 18.6 Å². The molecule has 0 saturated carbocycles. The standard InChI is InChI=1S/C20H20N4O2/c1-15-12-23(19(25)14-26-17-10-6-3-7-11-17)13-18-21-22-20(24(15)18)16-8-4-2-5-9-16/h2-11,15H,12-14H2,1H3/t15-/m0/s1. The summed E-state index contributed by atoms with van der Waals surface area (Å²) in [6.07, 6.45) is 0. The minimum absolute atomic E-state index is 0.0242. The number of hydrogen-bond donors (Lipinski definition) is 0. The van der Waals surface area contributed by atoms with Crippen LogP contribution in [0.5, 0.6) is 5.75 Å². The lowest BCUT2D eigenvalue weighted by atomic mass is 10.1. The van der Waals surface area contributed by atoms with E-state index in [9.17, 15) is 4.79 Å². The predicted molar refractivity (Wildman–Crippen MR) is 97.5 cm³/mol. The molecule has 3 aromatic rings. The van der Waals surface area contributed by atoms with Gasteiger partial charge in [-0.25, -0.2) is 0 Å². The van der Waals surface area contributed by atoms with Crippen molar-refractivity contribution in [2.24, 2.45) is 0 Å². The number of fused-ring (bicyclic) bond motifs is 1. The SMILES string of the molecule is C[C@H]1CN(C(=O)COc2ccccc2)Cc2nnc(-c3ccccc3)n21. The van der Waals surface area contributed by atoms with Crippen LogP contribution in [-0.4, -0.2) is 38.7 Å². The fourth-order valence-corrected chi connectivity index (χ4v) is 3.26. The first kappa shape index (κ1) is 16.3. The number of nitrogens with zero attached hydrogens (tertiary/aromatic N) is 4. The van der Waals surface area contributed by atoms with Crippen molar-refractivity contribution in [2.75, 3.05) is 13.2 Å². The zero-order valence-corrected chi connectivity index (χ0v) is 14.6. The monoisotopic (exact) mass is 348 g/mol. The fraction of sp³-hybridized carbons (Fsp3) is 0.250. The molecule has 0 radical (unpaired) electrons. The van der Waals surface area contributed by atoms with Crippen molar-refractivity contribution in [3.05, 3.63) is 66.5 Å². The van der Waals surface area contributed by atoms with Crippen molar-refractivity contribution in [3.8, 4) is 17.1 Å². The largest absolute Gasteiger partial charge is 0.484 e. The summed E-state index contributed by atoms with van der Waals surface area (Å²) in [5.74, 6) is 2.30. The van der Waals surface area contributed by atoms with E-state index in [0.29, 0.717) is 18.8 Å². The van der Waals surface area contributed by atoms with Crippen LogP contribution in [0.15, 0.2) is 60.7 Å². The van der Waals surface area contributed by atoms with Gasteiger partial charge in [0.25, 0.3) is 5.91 Å². The van der Waals surface area contributed by atoms with Gasteiger partial charge in [0, 0.05) is 12.1 Å².